The molecule has 0 radical (unpaired) electrons. The highest BCUT2D eigenvalue weighted by molar-refractivity contribution is 5.80. The summed E-state index contributed by atoms with van der Waals surface area (Å²) in [5, 5.41) is 14.1. The zero-order valence-corrected chi connectivity index (χ0v) is 24.6. The largest absolute Gasteiger partial charge is 0.390 e. The highest BCUT2D eigenvalue weighted by Crippen LogP contribution is 2.45. The molecule has 1 aromatic rings. The van der Waals surface area contributed by atoms with Crippen LogP contribution in [-0.4, -0.2) is 59.8 Å². The van der Waals surface area contributed by atoms with Crippen LogP contribution in [0.2, 0.25) is 0 Å². The number of carbonyl (C=O) groups is 2. The standard InChI is InChI=1S/C33H52N2O4/c1-4-25(2)21-32(28-12-6-5-7-13-28)15-8-11-27(22-33(38)17-9-18-33)26(3)31(37)35(19-10-16-32)20-14-30(36)34-29-23-39-24-29/h5-7,12-13,25-27,29,38H,4,8-11,14-24H2,1-3H3,(H,34,36)/t25?,26?,27?,32-/m0/s1. The topological polar surface area (TPSA) is 78.9 Å². The van der Waals surface area contributed by atoms with E-state index >= 15 is 0 Å². The Labute approximate surface area is 236 Å². The first-order valence-corrected chi connectivity index (χ1v) is 15.7. The van der Waals surface area contributed by atoms with Crippen molar-refractivity contribution in [3.8, 4) is 0 Å². The van der Waals surface area contributed by atoms with Crippen molar-refractivity contribution >= 4 is 11.8 Å². The van der Waals surface area contributed by atoms with Gasteiger partial charge in [-0.05, 0) is 80.6 Å². The number of nitrogens with zero attached hydrogens (tertiary/aromatic N) is 1. The van der Waals surface area contributed by atoms with Crippen molar-refractivity contribution in [2.24, 2.45) is 17.8 Å². The van der Waals surface area contributed by atoms with Gasteiger partial charge in [0.1, 0.15) is 0 Å². The van der Waals surface area contributed by atoms with Crippen LogP contribution >= 0.6 is 0 Å². The summed E-state index contributed by atoms with van der Waals surface area (Å²) >= 11 is 0. The number of hydrogen-bond acceptors (Lipinski definition) is 4. The van der Waals surface area contributed by atoms with Crippen LogP contribution in [0.15, 0.2) is 30.3 Å². The lowest BCUT2D eigenvalue weighted by atomic mass is 9.66. The predicted molar refractivity (Wildman–Crippen MR) is 155 cm³/mol. The van der Waals surface area contributed by atoms with Gasteiger partial charge >= 0.3 is 0 Å². The summed E-state index contributed by atoms with van der Waals surface area (Å²) in [6, 6.07) is 11.1. The van der Waals surface area contributed by atoms with E-state index in [2.05, 4.69) is 56.4 Å². The third-order valence-electron chi connectivity index (χ3n) is 10.1. The summed E-state index contributed by atoms with van der Waals surface area (Å²) in [5.74, 6) is 0.765. The molecule has 0 aromatic heterocycles. The molecule has 3 unspecified atom stereocenters. The molecular weight excluding hydrogens is 488 g/mol. The summed E-state index contributed by atoms with van der Waals surface area (Å²) < 4.78 is 5.19. The lowest BCUT2D eigenvalue weighted by Crippen LogP contribution is -2.49. The van der Waals surface area contributed by atoms with Crippen molar-refractivity contribution in [1.82, 2.24) is 10.2 Å². The van der Waals surface area contributed by atoms with Crippen LogP contribution in [0.4, 0.5) is 0 Å². The zero-order chi connectivity index (χ0) is 27.9. The van der Waals surface area contributed by atoms with Gasteiger partial charge in [-0.15, -0.1) is 0 Å². The summed E-state index contributed by atoms with van der Waals surface area (Å²) in [6.07, 6.45) is 11.2. The van der Waals surface area contributed by atoms with Gasteiger partial charge in [-0.25, -0.2) is 0 Å². The predicted octanol–water partition coefficient (Wildman–Crippen LogP) is 5.62. The van der Waals surface area contributed by atoms with E-state index in [1.165, 1.54) is 5.56 Å². The maximum Gasteiger partial charge on any atom is 0.225 e. The summed E-state index contributed by atoms with van der Waals surface area (Å²) in [4.78, 5) is 28.5. The van der Waals surface area contributed by atoms with Crippen molar-refractivity contribution in [3.05, 3.63) is 35.9 Å². The molecule has 1 aliphatic carbocycles. The molecule has 0 spiro atoms. The minimum absolute atomic E-state index is 0.00574. The Bertz CT molecular complexity index is 929. The zero-order valence-electron chi connectivity index (χ0n) is 24.6. The van der Waals surface area contributed by atoms with E-state index < -0.39 is 5.60 Å². The number of ether oxygens (including phenoxy) is 1. The van der Waals surface area contributed by atoms with E-state index in [4.69, 9.17) is 4.74 Å². The molecule has 6 nitrogen and oxygen atoms in total. The molecule has 3 aliphatic rings. The summed E-state index contributed by atoms with van der Waals surface area (Å²) in [6.45, 7) is 9.00. The van der Waals surface area contributed by atoms with Crippen LogP contribution in [0.5, 0.6) is 0 Å². The van der Waals surface area contributed by atoms with Gasteiger partial charge < -0.3 is 20.1 Å². The number of carbonyl (C=O) groups excluding carboxylic acids is 2. The second kappa shape index (κ2) is 13.6. The Morgan fingerprint density at radius 2 is 1.85 bits per heavy atom. The first-order valence-electron chi connectivity index (χ1n) is 15.7. The maximum atomic E-state index is 13.9. The van der Waals surface area contributed by atoms with Gasteiger partial charge in [0.15, 0.2) is 0 Å². The normalized spacial score (nSPS) is 29.0. The minimum atomic E-state index is -0.609. The van der Waals surface area contributed by atoms with Crippen molar-refractivity contribution in [2.75, 3.05) is 26.3 Å². The molecule has 2 amide bonds. The van der Waals surface area contributed by atoms with Crippen LogP contribution in [0.25, 0.3) is 0 Å². The molecule has 2 saturated heterocycles. The Hall–Kier alpha value is -1.92. The molecule has 2 heterocycles. The molecule has 1 aromatic carbocycles. The number of nitrogens with one attached hydrogen (secondary N) is 1. The Kier molecular flexibility index (Phi) is 10.5. The highest BCUT2D eigenvalue weighted by Gasteiger charge is 2.41. The molecule has 4 rings (SSSR count). The van der Waals surface area contributed by atoms with E-state index in [-0.39, 0.29) is 35.1 Å². The monoisotopic (exact) mass is 540 g/mol. The van der Waals surface area contributed by atoms with Crippen LogP contribution in [0, 0.1) is 17.8 Å². The molecule has 6 heteroatoms. The third-order valence-corrected chi connectivity index (χ3v) is 10.1. The molecule has 3 fully saturated rings. The number of aliphatic hydroxyl groups is 1. The fraction of sp³-hybridized carbons (Fsp3) is 0.758. The number of rotatable bonds is 10. The fourth-order valence-electron chi connectivity index (χ4n) is 7.13. The van der Waals surface area contributed by atoms with E-state index in [1.807, 2.05) is 4.90 Å². The second-order valence-corrected chi connectivity index (χ2v) is 13.1. The second-order valence-electron chi connectivity index (χ2n) is 13.1. The van der Waals surface area contributed by atoms with E-state index in [1.54, 1.807) is 0 Å². The van der Waals surface area contributed by atoms with Crippen molar-refractivity contribution in [3.63, 3.8) is 0 Å². The minimum Gasteiger partial charge on any atom is -0.390 e. The van der Waals surface area contributed by atoms with Crippen molar-refractivity contribution in [2.45, 2.75) is 115 Å². The van der Waals surface area contributed by atoms with E-state index in [0.717, 1.165) is 64.2 Å². The Morgan fingerprint density at radius 1 is 1.13 bits per heavy atom. The van der Waals surface area contributed by atoms with Gasteiger partial charge in [0.05, 0.1) is 24.9 Å². The average Bonchev–Trinajstić information content (AvgIpc) is 2.91. The number of amides is 2. The van der Waals surface area contributed by atoms with Gasteiger partial charge in [0.25, 0.3) is 0 Å². The summed E-state index contributed by atoms with van der Waals surface area (Å²) in [7, 11) is 0. The van der Waals surface area contributed by atoms with Crippen molar-refractivity contribution in [1.29, 1.82) is 0 Å². The molecule has 39 heavy (non-hydrogen) atoms. The molecule has 0 bridgehead atoms. The Balaban J connectivity index is 1.56. The van der Waals surface area contributed by atoms with Crippen LogP contribution in [0.3, 0.4) is 0 Å². The molecule has 2 aliphatic heterocycles. The van der Waals surface area contributed by atoms with E-state index in [9.17, 15) is 14.7 Å². The molecule has 218 valence electrons. The van der Waals surface area contributed by atoms with Crippen LogP contribution in [-0.2, 0) is 19.7 Å². The molecule has 4 atom stereocenters. The summed E-state index contributed by atoms with van der Waals surface area (Å²) in [5.41, 5.74) is 0.896. The van der Waals surface area contributed by atoms with Gasteiger partial charge in [-0.2, -0.15) is 0 Å². The molecule has 1 saturated carbocycles. The third kappa shape index (κ3) is 7.85. The van der Waals surface area contributed by atoms with Gasteiger partial charge in [0, 0.05) is 25.4 Å². The van der Waals surface area contributed by atoms with Gasteiger partial charge in [-0.3, -0.25) is 9.59 Å². The first kappa shape index (κ1) is 30.0. The molecular formula is C33H52N2O4. The maximum absolute atomic E-state index is 13.9. The van der Waals surface area contributed by atoms with Crippen LogP contribution < -0.4 is 5.32 Å². The van der Waals surface area contributed by atoms with Crippen LogP contribution in [0.1, 0.15) is 103 Å². The van der Waals surface area contributed by atoms with Gasteiger partial charge in [-0.1, -0.05) is 63.9 Å². The number of benzene rings is 1. The van der Waals surface area contributed by atoms with Gasteiger partial charge in [0.2, 0.25) is 11.8 Å². The smallest absolute Gasteiger partial charge is 0.225 e. The average molecular weight is 541 g/mol. The molecule has 2 N–H and O–H groups in total. The van der Waals surface area contributed by atoms with E-state index in [0.29, 0.717) is 45.1 Å². The highest BCUT2D eigenvalue weighted by atomic mass is 16.5. The fourth-order valence-corrected chi connectivity index (χ4v) is 7.13. The lowest BCUT2D eigenvalue weighted by molar-refractivity contribution is -0.139. The lowest BCUT2D eigenvalue weighted by Gasteiger charge is -2.41. The SMILES string of the molecule is CCC(C)C[C@]1(c2ccccc2)CCCC(CC2(O)CCC2)C(C)C(=O)N(CCC(=O)NC2COC2)CCC1. The Morgan fingerprint density at radius 3 is 2.46 bits per heavy atom. The number of hydrogen-bond donors (Lipinski definition) is 2. The quantitative estimate of drug-likeness (QED) is 0.404. The van der Waals surface area contributed by atoms with Crippen molar-refractivity contribution < 1.29 is 19.4 Å². The first-order chi connectivity index (χ1) is 18.7.